The number of rotatable bonds is 0. The maximum atomic E-state index is 11.2. The van der Waals surface area contributed by atoms with Crippen LogP contribution >= 0.6 is 13.5 Å². The average molecular weight is 222 g/mol. The monoisotopic (exact) mass is 222 g/mol. The van der Waals surface area contributed by atoms with E-state index in [2.05, 4.69) is 0 Å². The van der Waals surface area contributed by atoms with Crippen molar-refractivity contribution in [2.75, 3.05) is 0 Å². The van der Waals surface area contributed by atoms with Crippen molar-refractivity contribution in [2.24, 2.45) is 0 Å². The zero-order chi connectivity index (χ0) is 9.50. The van der Waals surface area contributed by atoms with Crippen molar-refractivity contribution in [2.45, 2.75) is 18.3 Å². The van der Waals surface area contributed by atoms with Gasteiger partial charge in [-0.25, -0.2) is 0 Å². The third kappa shape index (κ3) is 2.39. The Kier molecular flexibility index (Phi) is 3.90. The minimum atomic E-state index is -6.62. The lowest BCUT2D eigenvalue weighted by Crippen LogP contribution is -2.49. The van der Waals surface area contributed by atoms with E-state index in [1.54, 1.807) is 0 Å². The van der Waals surface area contributed by atoms with Crippen LogP contribution in [0.5, 0.6) is 0 Å². The van der Waals surface area contributed by atoms with E-state index in [4.69, 9.17) is 0 Å². The van der Waals surface area contributed by atoms with Crippen LogP contribution in [0, 0.1) is 0 Å². The van der Waals surface area contributed by atoms with Crippen molar-refractivity contribution < 1.29 is 35.1 Å². The van der Waals surface area contributed by atoms with Gasteiger partial charge in [0.2, 0.25) is 0 Å². The van der Waals surface area contributed by atoms with Gasteiger partial charge in [0.1, 0.15) is 0 Å². The Morgan fingerprint density at radius 3 is 0.667 bits per heavy atom. The highest BCUT2D eigenvalue weighted by atomic mass is 32.1. The van der Waals surface area contributed by atoms with Gasteiger partial charge in [-0.15, -0.1) is 0 Å². The molecule has 0 heterocycles. The Morgan fingerprint density at radius 2 is 0.667 bits per heavy atom. The summed E-state index contributed by atoms with van der Waals surface area (Å²) in [6.07, 6.45) is -13.2. The molecule has 0 aromatic heterocycles. The molecule has 9 heteroatoms. The molecule has 0 spiro atoms. The van der Waals surface area contributed by atoms with Crippen LogP contribution in [0.3, 0.4) is 0 Å². The van der Waals surface area contributed by atoms with Gasteiger partial charge in [-0.05, 0) is 0 Å². The quantitative estimate of drug-likeness (QED) is 0.553. The number of alkyl halides is 8. The summed E-state index contributed by atoms with van der Waals surface area (Å²) in [5, 5.41) is 0. The molecule has 12 heavy (non-hydrogen) atoms. The van der Waals surface area contributed by atoms with Crippen molar-refractivity contribution >= 4 is 13.5 Å². The molecule has 0 fully saturated rings. The molecule has 0 saturated carbocycles. The van der Waals surface area contributed by atoms with Crippen LogP contribution in [0.4, 0.5) is 35.1 Å². The minimum absolute atomic E-state index is 0. The van der Waals surface area contributed by atoms with Gasteiger partial charge in [0.15, 0.2) is 0 Å². The van der Waals surface area contributed by atoms with E-state index in [1.807, 2.05) is 0 Å². The molecular formula is C3H2F8S. The van der Waals surface area contributed by atoms with E-state index in [9.17, 15) is 35.1 Å². The smallest absolute Gasteiger partial charge is 0.197 e. The van der Waals surface area contributed by atoms with Crippen molar-refractivity contribution in [3.8, 4) is 0 Å². The Hall–Kier alpha value is -0.210. The fourth-order valence-corrected chi connectivity index (χ4v) is 0.161. The standard InChI is InChI=1S/C3F8.H2S/c4-1(5,2(6,7)8)3(9,10)11;/h;1H2. The van der Waals surface area contributed by atoms with Crippen LogP contribution in [-0.4, -0.2) is 18.3 Å². The average Bonchev–Trinajstić information content (AvgIpc) is 1.58. The molecule has 0 radical (unpaired) electrons. The molecule has 0 aliphatic carbocycles. The van der Waals surface area contributed by atoms with E-state index in [0.29, 0.717) is 0 Å². The van der Waals surface area contributed by atoms with Crippen LogP contribution in [0.25, 0.3) is 0 Å². The molecule has 0 saturated heterocycles. The lowest BCUT2D eigenvalue weighted by atomic mass is 10.3. The van der Waals surface area contributed by atoms with Crippen molar-refractivity contribution in [1.82, 2.24) is 0 Å². The highest BCUT2D eigenvalue weighted by Crippen LogP contribution is 2.46. The summed E-state index contributed by atoms with van der Waals surface area (Å²) in [5.41, 5.74) is 0. The molecule has 0 aliphatic rings. The topological polar surface area (TPSA) is 0 Å². The second kappa shape index (κ2) is 3.27. The fraction of sp³-hybridized carbons (Fsp3) is 1.00. The highest BCUT2D eigenvalue weighted by molar-refractivity contribution is 7.59. The van der Waals surface area contributed by atoms with Gasteiger partial charge in [0.05, 0.1) is 0 Å². The zero-order valence-corrected chi connectivity index (χ0v) is 6.02. The molecule has 0 amide bonds. The highest BCUT2D eigenvalue weighted by Gasteiger charge is 2.74. The van der Waals surface area contributed by atoms with Gasteiger partial charge in [0, 0.05) is 0 Å². The SMILES string of the molecule is FC(F)(F)C(F)(F)C(F)(F)F.S. The van der Waals surface area contributed by atoms with E-state index in [-0.39, 0.29) is 13.5 Å². The lowest BCUT2D eigenvalue weighted by Gasteiger charge is -2.21. The molecule has 76 valence electrons. The summed E-state index contributed by atoms with van der Waals surface area (Å²) in [6.45, 7) is 0. The van der Waals surface area contributed by atoms with Crippen LogP contribution in [-0.2, 0) is 0 Å². The Bertz CT molecular complexity index is 125. The number of hydrogen-bond acceptors (Lipinski definition) is 0. The first-order chi connectivity index (χ1) is 4.50. The predicted octanol–water partition coefficient (Wildman–Crippen LogP) is 2.86. The van der Waals surface area contributed by atoms with Gasteiger partial charge in [-0.1, -0.05) is 0 Å². The van der Waals surface area contributed by atoms with E-state index >= 15 is 0 Å². The van der Waals surface area contributed by atoms with Gasteiger partial charge < -0.3 is 0 Å². The Morgan fingerprint density at radius 1 is 0.500 bits per heavy atom. The first-order valence-corrected chi connectivity index (χ1v) is 2.01. The molecule has 0 aliphatic heterocycles. The van der Waals surface area contributed by atoms with Crippen molar-refractivity contribution in [3.63, 3.8) is 0 Å². The van der Waals surface area contributed by atoms with E-state index in [1.165, 1.54) is 0 Å². The minimum Gasteiger partial charge on any atom is -0.197 e. The molecule has 0 aromatic rings. The van der Waals surface area contributed by atoms with E-state index < -0.39 is 18.3 Å². The predicted molar refractivity (Wildman–Crippen MR) is 27.4 cm³/mol. The normalized spacial score (nSPS) is 14.0. The van der Waals surface area contributed by atoms with E-state index in [0.717, 1.165) is 0 Å². The molecule has 0 bridgehead atoms. The van der Waals surface area contributed by atoms with Gasteiger partial charge in [0.25, 0.3) is 0 Å². The molecule has 0 nitrogen and oxygen atoms in total. The summed E-state index contributed by atoms with van der Waals surface area (Å²) in [4.78, 5) is 0. The molecule has 0 atom stereocenters. The summed E-state index contributed by atoms with van der Waals surface area (Å²) < 4.78 is 87.5. The van der Waals surface area contributed by atoms with Gasteiger partial charge in [-0.2, -0.15) is 48.6 Å². The fourth-order valence-electron chi connectivity index (χ4n) is 0.161. The van der Waals surface area contributed by atoms with Crippen LogP contribution in [0.15, 0.2) is 0 Å². The molecule has 0 N–H and O–H groups in total. The van der Waals surface area contributed by atoms with Gasteiger partial charge >= 0.3 is 18.3 Å². The summed E-state index contributed by atoms with van der Waals surface area (Å²) in [5.74, 6) is -6.62. The second-order valence-corrected chi connectivity index (χ2v) is 1.57. The van der Waals surface area contributed by atoms with Crippen molar-refractivity contribution in [1.29, 1.82) is 0 Å². The maximum absolute atomic E-state index is 11.2. The Labute approximate surface area is 68.0 Å². The third-order valence-corrected chi connectivity index (χ3v) is 0.712. The first-order valence-electron chi connectivity index (χ1n) is 2.01. The second-order valence-electron chi connectivity index (χ2n) is 1.57. The van der Waals surface area contributed by atoms with Crippen LogP contribution in [0.2, 0.25) is 0 Å². The van der Waals surface area contributed by atoms with Crippen LogP contribution < -0.4 is 0 Å². The zero-order valence-electron chi connectivity index (χ0n) is 5.02. The first kappa shape index (κ1) is 14.3. The van der Waals surface area contributed by atoms with Gasteiger partial charge in [-0.3, -0.25) is 0 Å². The molecule has 0 unspecified atom stereocenters. The van der Waals surface area contributed by atoms with Crippen molar-refractivity contribution in [3.05, 3.63) is 0 Å². The summed E-state index contributed by atoms with van der Waals surface area (Å²) >= 11 is 0. The number of hydrogen-bond donors (Lipinski definition) is 0. The maximum Gasteiger partial charge on any atom is 0.463 e. The van der Waals surface area contributed by atoms with Crippen LogP contribution in [0.1, 0.15) is 0 Å². The number of halogens is 8. The summed E-state index contributed by atoms with van der Waals surface area (Å²) in [6, 6.07) is 0. The largest absolute Gasteiger partial charge is 0.463 e. The molecule has 0 rings (SSSR count). The third-order valence-electron chi connectivity index (χ3n) is 0.712. The summed E-state index contributed by atoms with van der Waals surface area (Å²) in [7, 11) is 0. The lowest BCUT2D eigenvalue weighted by molar-refractivity contribution is -0.389. The molecule has 0 aromatic carbocycles. The Balaban J connectivity index is 0. The molecular weight excluding hydrogens is 220 g/mol.